The van der Waals surface area contributed by atoms with Crippen LogP contribution in [0.1, 0.15) is 24.8 Å². The number of hydrogen-bond acceptors (Lipinski definition) is 7. The van der Waals surface area contributed by atoms with Gasteiger partial charge in [0, 0.05) is 56.3 Å². The smallest absolute Gasteiger partial charge is 0.409 e. The number of ether oxygens (including phenoxy) is 1. The fourth-order valence-corrected chi connectivity index (χ4v) is 6.54. The Hall–Kier alpha value is -2.50. The third kappa shape index (κ3) is 5.52. The van der Waals surface area contributed by atoms with Crippen molar-refractivity contribution in [2.45, 2.75) is 28.9 Å². The van der Waals surface area contributed by atoms with Crippen LogP contribution in [-0.2, 0) is 14.9 Å². The molecule has 2 aromatic rings. The summed E-state index contributed by atoms with van der Waals surface area (Å²) in [7, 11) is 4.88. The summed E-state index contributed by atoms with van der Waals surface area (Å²) >= 11 is 9.33. The maximum absolute atomic E-state index is 13.3. The number of amides is 4. The molecule has 1 aromatic heterocycles. The van der Waals surface area contributed by atoms with Gasteiger partial charge in [-0.2, -0.15) is 0 Å². The highest BCUT2D eigenvalue weighted by atomic mass is 35.5. The minimum atomic E-state index is -0.389. The van der Waals surface area contributed by atoms with Crippen LogP contribution in [0.5, 0.6) is 0 Å². The van der Waals surface area contributed by atoms with Crippen LogP contribution in [-0.4, -0.2) is 79.4 Å². The summed E-state index contributed by atoms with van der Waals surface area (Å²) in [6.07, 6.45) is 3.37. The molecule has 0 radical (unpaired) electrons. The normalized spacial score (nSPS) is 18.6. The first-order chi connectivity index (χ1) is 16.7. The van der Waals surface area contributed by atoms with E-state index in [9.17, 15) is 14.4 Å². The summed E-state index contributed by atoms with van der Waals surface area (Å²) in [4.78, 5) is 46.4. The average molecular weight is 538 g/mol. The van der Waals surface area contributed by atoms with Crippen molar-refractivity contribution < 1.29 is 19.1 Å². The quantitative estimate of drug-likeness (QED) is 0.430. The summed E-state index contributed by atoms with van der Waals surface area (Å²) in [5.74, 6) is 0.916. The van der Waals surface area contributed by atoms with Crippen molar-refractivity contribution in [3.63, 3.8) is 0 Å². The fraction of sp³-hybridized carbons (Fsp3) is 0.478. The van der Waals surface area contributed by atoms with Gasteiger partial charge in [0.2, 0.25) is 5.91 Å². The van der Waals surface area contributed by atoms with Crippen LogP contribution in [0.2, 0.25) is 5.02 Å². The summed E-state index contributed by atoms with van der Waals surface area (Å²) in [5.41, 5.74) is 1.36. The summed E-state index contributed by atoms with van der Waals surface area (Å²) < 4.78 is 5.88. The predicted octanol–water partition coefficient (Wildman–Crippen LogP) is 4.52. The van der Waals surface area contributed by atoms with Gasteiger partial charge in [0.05, 0.1) is 17.5 Å². The number of aromatic nitrogens is 1. The van der Waals surface area contributed by atoms with E-state index in [1.54, 1.807) is 52.8 Å². The second-order valence-corrected chi connectivity index (χ2v) is 11.7. The van der Waals surface area contributed by atoms with Gasteiger partial charge in [0.25, 0.3) is 0 Å². The Morgan fingerprint density at radius 3 is 2.86 bits per heavy atom. The lowest BCUT2D eigenvalue weighted by molar-refractivity contribution is -0.128. The molecule has 188 valence electrons. The van der Waals surface area contributed by atoms with Gasteiger partial charge in [-0.3, -0.25) is 15.0 Å². The van der Waals surface area contributed by atoms with E-state index in [2.05, 4.69) is 10.3 Å². The van der Waals surface area contributed by atoms with Crippen LogP contribution in [0, 0.1) is 0 Å². The monoisotopic (exact) mass is 537 g/mol. The van der Waals surface area contributed by atoms with Gasteiger partial charge in [-0.1, -0.05) is 22.9 Å². The molecule has 0 aliphatic carbocycles. The topological polar surface area (TPSA) is 95.1 Å². The zero-order valence-corrected chi connectivity index (χ0v) is 22.3. The maximum Gasteiger partial charge on any atom is 0.409 e. The predicted molar refractivity (Wildman–Crippen MR) is 139 cm³/mol. The molecule has 1 N–H and O–H groups in total. The number of urea groups is 1. The van der Waals surface area contributed by atoms with Gasteiger partial charge in [-0.05, 0) is 42.4 Å². The number of rotatable bonds is 6. The van der Waals surface area contributed by atoms with Gasteiger partial charge in [-0.25, -0.2) is 14.6 Å². The molecular weight excluding hydrogens is 510 g/mol. The second-order valence-electron chi connectivity index (χ2n) is 8.82. The number of thiazole rings is 1. The number of hydrogen-bond donors (Lipinski definition) is 1. The van der Waals surface area contributed by atoms with Crippen LogP contribution < -0.4 is 10.2 Å². The molecule has 1 atom stereocenters. The molecule has 2 aliphatic rings. The van der Waals surface area contributed by atoms with E-state index in [-0.39, 0.29) is 23.4 Å². The summed E-state index contributed by atoms with van der Waals surface area (Å²) in [5, 5.41) is 4.02. The van der Waals surface area contributed by atoms with Crippen LogP contribution in [0.3, 0.4) is 0 Å². The highest BCUT2D eigenvalue weighted by Crippen LogP contribution is 2.47. The van der Waals surface area contributed by atoms with Gasteiger partial charge in [0.15, 0.2) is 5.13 Å². The minimum Gasteiger partial charge on any atom is -0.453 e. The van der Waals surface area contributed by atoms with Crippen molar-refractivity contribution in [1.82, 2.24) is 14.8 Å². The largest absolute Gasteiger partial charge is 0.453 e. The van der Waals surface area contributed by atoms with Crippen LogP contribution in [0.4, 0.5) is 20.4 Å². The Balaban J connectivity index is 1.41. The number of fused-ring (bicyclic) bond motifs is 2. The standard InChI is InChI=1S/C23H28ClN5O4S2/c1-27(2)18(30)5-4-10-34-19-12-25-20(35-19)26-21(31)29-14-23(8-9-28(13-23)22(32)33-3)16-11-15(24)6-7-17(16)29/h6-7,11-12H,4-5,8-10,13-14H2,1-3H3,(H,25,26,31). The molecule has 4 amide bonds. The number of methoxy groups -OCH3 is 1. The third-order valence-electron chi connectivity index (χ3n) is 6.29. The summed E-state index contributed by atoms with van der Waals surface area (Å²) in [6, 6.07) is 5.24. The molecule has 1 saturated heterocycles. The van der Waals surface area contributed by atoms with Crippen molar-refractivity contribution in [2.75, 3.05) is 56.8 Å². The third-order valence-corrected chi connectivity index (χ3v) is 8.72. The number of carbonyl (C=O) groups excluding carboxylic acids is 3. The fourth-order valence-electron chi connectivity index (χ4n) is 4.49. The second kappa shape index (κ2) is 10.6. The van der Waals surface area contributed by atoms with Crippen molar-refractivity contribution in [3.05, 3.63) is 35.0 Å². The van der Waals surface area contributed by atoms with E-state index >= 15 is 0 Å². The minimum absolute atomic E-state index is 0.116. The first-order valence-corrected chi connectivity index (χ1v) is 13.4. The van der Waals surface area contributed by atoms with E-state index in [0.717, 1.165) is 27.6 Å². The SMILES string of the molecule is COC(=O)N1CCC2(C1)CN(C(=O)Nc1ncc(SCCCC(=O)N(C)C)s1)c1ccc(Cl)cc12. The Labute approximate surface area is 217 Å². The Kier molecular flexibility index (Phi) is 7.77. The van der Waals surface area contributed by atoms with Crippen molar-refractivity contribution in [1.29, 1.82) is 0 Å². The lowest BCUT2D eigenvalue weighted by atomic mass is 9.81. The first kappa shape index (κ1) is 25.6. The van der Waals surface area contributed by atoms with Crippen LogP contribution in [0.15, 0.2) is 28.6 Å². The van der Waals surface area contributed by atoms with Crippen LogP contribution in [0.25, 0.3) is 0 Å². The van der Waals surface area contributed by atoms with Gasteiger partial charge < -0.3 is 14.5 Å². The summed E-state index contributed by atoms with van der Waals surface area (Å²) in [6.45, 7) is 1.46. The van der Waals surface area contributed by atoms with Gasteiger partial charge in [0.1, 0.15) is 0 Å². The Bertz CT molecular complexity index is 1130. The molecule has 0 saturated carbocycles. The average Bonchev–Trinajstić information content (AvgIpc) is 3.54. The number of nitrogens with one attached hydrogen (secondary N) is 1. The lowest BCUT2D eigenvalue weighted by Gasteiger charge is -2.25. The molecule has 3 heterocycles. The highest BCUT2D eigenvalue weighted by Gasteiger charge is 2.50. The number of benzene rings is 1. The molecule has 1 unspecified atom stereocenters. The van der Waals surface area contributed by atoms with Crippen molar-refractivity contribution in [2.24, 2.45) is 0 Å². The van der Waals surface area contributed by atoms with E-state index in [1.807, 2.05) is 12.1 Å². The van der Waals surface area contributed by atoms with Gasteiger partial charge in [-0.15, -0.1) is 11.8 Å². The molecule has 2 aliphatic heterocycles. The molecular formula is C23H28ClN5O4S2. The zero-order valence-electron chi connectivity index (χ0n) is 19.9. The number of anilines is 2. The van der Waals surface area contributed by atoms with Crippen LogP contribution >= 0.6 is 34.7 Å². The molecule has 1 spiro atoms. The Morgan fingerprint density at radius 2 is 2.11 bits per heavy atom. The molecule has 35 heavy (non-hydrogen) atoms. The Morgan fingerprint density at radius 1 is 1.31 bits per heavy atom. The number of halogens is 1. The van der Waals surface area contributed by atoms with E-state index < -0.39 is 0 Å². The van der Waals surface area contributed by atoms with E-state index in [4.69, 9.17) is 16.3 Å². The van der Waals surface area contributed by atoms with Crippen molar-refractivity contribution in [3.8, 4) is 0 Å². The molecule has 1 aromatic carbocycles. The number of thioether (sulfide) groups is 1. The van der Waals surface area contributed by atoms with Gasteiger partial charge >= 0.3 is 12.1 Å². The van der Waals surface area contributed by atoms with Crippen molar-refractivity contribution >= 4 is 63.6 Å². The van der Waals surface area contributed by atoms with E-state index in [1.165, 1.54) is 18.4 Å². The lowest BCUT2D eigenvalue weighted by Crippen LogP contribution is -2.41. The zero-order chi connectivity index (χ0) is 25.2. The highest BCUT2D eigenvalue weighted by molar-refractivity contribution is 8.01. The number of likely N-dealkylation sites (tertiary alicyclic amines) is 1. The number of nitrogens with zero attached hydrogens (tertiary/aromatic N) is 4. The molecule has 1 fully saturated rings. The molecule has 0 bridgehead atoms. The maximum atomic E-state index is 13.3. The number of carbonyl (C=O) groups is 3. The molecule has 12 heteroatoms. The molecule has 4 rings (SSSR count). The van der Waals surface area contributed by atoms with E-state index in [0.29, 0.717) is 42.6 Å². The molecule has 9 nitrogen and oxygen atoms in total. The first-order valence-electron chi connectivity index (χ1n) is 11.2.